The van der Waals surface area contributed by atoms with Gasteiger partial charge in [0.05, 0.1) is 0 Å². The van der Waals surface area contributed by atoms with Crippen LogP contribution in [0.4, 0.5) is 5.82 Å². The second-order valence-electron chi connectivity index (χ2n) is 4.40. The number of pyridine rings is 1. The van der Waals surface area contributed by atoms with Crippen molar-refractivity contribution in [3.63, 3.8) is 0 Å². The molecule has 0 spiro atoms. The third kappa shape index (κ3) is 1.84. The van der Waals surface area contributed by atoms with Gasteiger partial charge in [0.2, 0.25) is 0 Å². The number of hydrogen-bond donors (Lipinski definition) is 0. The van der Waals surface area contributed by atoms with Crippen LogP contribution in [0, 0.1) is 0 Å². The molecule has 1 aromatic rings. The summed E-state index contributed by atoms with van der Waals surface area (Å²) in [5.74, 6) is 1.12. The molecular weight excluding hydrogens is 268 g/mol. The first-order valence-electron chi connectivity index (χ1n) is 5.87. The van der Waals surface area contributed by atoms with Crippen molar-refractivity contribution in [1.29, 1.82) is 0 Å². The standard InChI is InChI=1S/C12H15BrN2O/c13-10-7-9-4-5-15(12(9)14-8-10)11-3-1-2-6-16-11/h7-8,11H,1-6H2/t11-/m1/s1. The highest BCUT2D eigenvalue weighted by Crippen LogP contribution is 2.31. The first kappa shape index (κ1) is 10.5. The zero-order chi connectivity index (χ0) is 11.0. The van der Waals surface area contributed by atoms with Crippen LogP contribution >= 0.6 is 15.9 Å². The number of rotatable bonds is 1. The molecule has 16 heavy (non-hydrogen) atoms. The highest BCUT2D eigenvalue weighted by molar-refractivity contribution is 9.10. The summed E-state index contributed by atoms with van der Waals surface area (Å²) in [5.41, 5.74) is 1.34. The van der Waals surface area contributed by atoms with E-state index in [1.54, 1.807) is 0 Å². The fourth-order valence-corrected chi connectivity index (χ4v) is 2.89. The molecule has 2 aliphatic heterocycles. The summed E-state index contributed by atoms with van der Waals surface area (Å²) in [4.78, 5) is 6.83. The first-order chi connectivity index (χ1) is 7.84. The number of halogens is 1. The Hall–Kier alpha value is -0.610. The maximum Gasteiger partial charge on any atom is 0.133 e. The van der Waals surface area contributed by atoms with Crippen molar-refractivity contribution in [2.24, 2.45) is 0 Å². The van der Waals surface area contributed by atoms with Crippen LogP contribution in [0.5, 0.6) is 0 Å². The smallest absolute Gasteiger partial charge is 0.133 e. The Bertz CT molecular complexity index is 391. The van der Waals surface area contributed by atoms with Crippen molar-refractivity contribution in [2.75, 3.05) is 18.1 Å². The molecule has 0 aliphatic carbocycles. The van der Waals surface area contributed by atoms with E-state index in [9.17, 15) is 0 Å². The number of fused-ring (bicyclic) bond motifs is 1. The molecule has 86 valence electrons. The van der Waals surface area contributed by atoms with Gasteiger partial charge in [0.15, 0.2) is 0 Å². The Morgan fingerprint density at radius 1 is 1.44 bits per heavy atom. The van der Waals surface area contributed by atoms with E-state index in [1.807, 2.05) is 6.20 Å². The average molecular weight is 283 g/mol. The number of ether oxygens (including phenoxy) is 1. The van der Waals surface area contributed by atoms with Crippen molar-refractivity contribution < 1.29 is 4.74 Å². The molecule has 1 aromatic heterocycles. The molecule has 2 aliphatic rings. The largest absolute Gasteiger partial charge is 0.358 e. The molecule has 0 N–H and O–H groups in total. The minimum absolute atomic E-state index is 0.253. The summed E-state index contributed by atoms with van der Waals surface area (Å²) in [7, 11) is 0. The Kier molecular flexibility index (Phi) is 2.86. The van der Waals surface area contributed by atoms with Gasteiger partial charge in [0, 0.05) is 23.8 Å². The van der Waals surface area contributed by atoms with Gasteiger partial charge in [0.25, 0.3) is 0 Å². The van der Waals surface area contributed by atoms with Crippen molar-refractivity contribution >= 4 is 21.7 Å². The zero-order valence-electron chi connectivity index (χ0n) is 9.16. The lowest BCUT2D eigenvalue weighted by atomic mass is 10.2. The lowest BCUT2D eigenvalue weighted by Gasteiger charge is -2.32. The van der Waals surface area contributed by atoms with Gasteiger partial charge in [-0.05, 0) is 53.2 Å². The summed E-state index contributed by atoms with van der Waals surface area (Å²) in [6.45, 7) is 1.94. The van der Waals surface area contributed by atoms with Gasteiger partial charge in [-0.2, -0.15) is 0 Å². The van der Waals surface area contributed by atoms with Crippen molar-refractivity contribution in [2.45, 2.75) is 31.9 Å². The lowest BCUT2D eigenvalue weighted by molar-refractivity contribution is 0.0151. The fraction of sp³-hybridized carbons (Fsp3) is 0.583. The summed E-state index contributed by atoms with van der Waals surface area (Å²) >= 11 is 3.47. The minimum Gasteiger partial charge on any atom is -0.358 e. The molecule has 0 bridgehead atoms. The number of aromatic nitrogens is 1. The van der Waals surface area contributed by atoms with Crippen LogP contribution in [-0.2, 0) is 11.2 Å². The maximum atomic E-state index is 5.82. The molecule has 0 amide bonds. The topological polar surface area (TPSA) is 25.4 Å². The molecule has 4 heteroatoms. The van der Waals surface area contributed by atoms with Crippen LogP contribution in [0.1, 0.15) is 24.8 Å². The molecular formula is C12H15BrN2O. The minimum atomic E-state index is 0.253. The van der Waals surface area contributed by atoms with Crippen molar-refractivity contribution in [3.05, 3.63) is 22.3 Å². The molecule has 0 saturated carbocycles. The summed E-state index contributed by atoms with van der Waals surface area (Å²) < 4.78 is 6.89. The van der Waals surface area contributed by atoms with Gasteiger partial charge in [-0.3, -0.25) is 0 Å². The SMILES string of the molecule is Brc1cnc2c(c1)CCN2[C@H]1CCCCO1. The van der Waals surface area contributed by atoms with Gasteiger partial charge < -0.3 is 9.64 Å². The van der Waals surface area contributed by atoms with Gasteiger partial charge in [-0.15, -0.1) is 0 Å². The molecule has 0 aromatic carbocycles. The van der Waals surface area contributed by atoms with E-state index in [0.29, 0.717) is 0 Å². The van der Waals surface area contributed by atoms with E-state index in [0.717, 1.165) is 36.3 Å². The molecule has 3 nitrogen and oxygen atoms in total. The maximum absolute atomic E-state index is 5.82. The van der Waals surface area contributed by atoms with Crippen LogP contribution in [0.15, 0.2) is 16.7 Å². The van der Waals surface area contributed by atoms with E-state index in [1.165, 1.54) is 18.4 Å². The van der Waals surface area contributed by atoms with Crippen molar-refractivity contribution in [3.8, 4) is 0 Å². The monoisotopic (exact) mass is 282 g/mol. The van der Waals surface area contributed by atoms with Crippen LogP contribution in [0.2, 0.25) is 0 Å². The van der Waals surface area contributed by atoms with Gasteiger partial charge >= 0.3 is 0 Å². The van der Waals surface area contributed by atoms with E-state index >= 15 is 0 Å². The van der Waals surface area contributed by atoms with E-state index in [2.05, 4.69) is 31.9 Å². The predicted octanol–water partition coefficient (Wildman–Crippen LogP) is 2.73. The number of hydrogen-bond acceptors (Lipinski definition) is 3. The van der Waals surface area contributed by atoms with Gasteiger partial charge in [-0.1, -0.05) is 0 Å². The molecule has 0 unspecified atom stereocenters. The molecule has 1 atom stereocenters. The van der Waals surface area contributed by atoms with Crippen LogP contribution in [-0.4, -0.2) is 24.4 Å². The Balaban J connectivity index is 1.84. The fourth-order valence-electron chi connectivity index (χ4n) is 2.51. The van der Waals surface area contributed by atoms with E-state index in [4.69, 9.17) is 4.74 Å². The molecule has 1 fully saturated rings. The normalized spacial score (nSPS) is 24.6. The third-order valence-corrected chi connectivity index (χ3v) is 3.74. The molecule has 3 rings (SSSR count). The lowest BCUT2D eigenvalue weighted by Crippen LogP contribution is -2.38. The zero-order valence-corrected chi connectivity index (χ0v) is 10.7. The average Bonchev–Trinajstić information content (AvgIpc) is 2.73. The Morgan fingerprint density at radius 2 is 2.38 bits per heavy atom. The first-order valence-corrected chi connectivity index (χ1v) is 6.66. The van der Waals surface area contributed by atoms with Crippen LogP contribution in [0.3, 0.4) is 0 Å². The van der Waals surface area contributed by atoms with E-state index in [-0.39, 0.29) is 6.23 Å². The number of nitrogens with zero attached hydrogens (tertiary/aromatic N) is 2. The molecule has 0 radical (unpaired) electrons. The highest BCUT2D eigenvalue weighted by atomic mass is 79.9. The van der Waals surface area contributed by atoms with E-state index < -0.39 is 0 Å². The highest BCUT2D eigenvalue weighted by Gasteiger charge is 2.29. The summed E-state index contributed by atoms with van der Waals surface area (Å²) in [6, 6.07) is 2.17. The summed E-state index contributed by atoms with van der Waals surface area (Å²) in [6.07, 6.45) is 6.82. The second kappa shape index (κ2) is 4.34. The Labute approximate surface area is 104 Å². The Morgan fingerprint density at radius 3 is 3.19 bits per heavy atom. The quantitative estimate of drug-likeness (QED) is 0.792. The third-order valence-electron chi connectivity index (χ3n) is 3.31. The van der Waals surface area contributed by atoms with Crippen LogP contribution < -0.4 is 4.90 Å². The van der Waals surface area contributed by atoms with Crippen LogP contribution in [0.25, 0.3) is 0 Å². The van der Waals surface area contributed by atoms with Crippen molar-refractivity contribution in [1.82, 2.24) is 4.98 Å². The number of anilines is 1. The van der Waals surface area contributed by atoms with Gasteiger partial charge in [-0.25, -0.2) is 4.98 Å². The summed E-state index contributed by atoms with van der Waals surface area (Å²) in [5, 5.41) is 0. The molecule has 3 heterocycles. The second-order valence-corrected chi connectivity index (χ2v) is 5.32. The molecule has 1 saturated heterocycles. The van der Waals surface area contributed by atoms with Gasteiger partial charge in [0.1, 0.15) is 12.0 Å². The predicted molar refractivity (Wildman–Crippen MR) is 66.6 cm³/mol.